The van der Waals surface area contributed by atoms with Crippen molar-refractivity contribution >= 4 is 61.3 Å². The molecular formula is C18H14BrClN2O2S. The highest BCUT2D eigenvalue weighted by Crippen LogP contribution is 2.30. The van der Waals surface area contributed by atoms with Gasteiger partial charge in [0.05, 0.1) is 5.52 Å². The molecule has 4 nitrogen and oxygen atoms in total. The van der Waals surface area contributed by atoms with E-state index in [-0.39, 0.29) is 21.9 Å². The van der Waals surface area contributed by atoms with Crippen molar-refractivity contribution in [2.75, 3.05) is 11.9 Å². The highest BCUT2D eigenvalue weighted by atomic mass is 79.9. The highest BCUT2D eigenvalue weighted by molar-refractivity contribution is 9.10. The van der Waals surface area contributed by atoms with Crippen LogP contribution in [0.4, 0.5) is 5.69 Å². The van der Waals surface area contributed by atoms with Gasteiger partial charge in [-0.3, -0.25) is 4.79 Å². The van der Waals surface area contributed by atoms with Gasteiger partial charge < -0.3 is 14.6 Å². The molecule has 0 radical (unpaired) electrons. The van der Waals surface area contributed by atoms with Gasteiger partial charge in [-0.1, -0.05) is 39.7 Å². The number of pyridine rings is 1. The minimum absolute atomic E-state index is 0.0812. The normalized spacial score (nSPS) is 10.9. The molecule has 0 aliphatic carbocycles. The van der Waals surface area contributed by atoms with Gasteiger partial charge in [0, 0.05) is 34.7 Å². The van der Waals surface area contributed by atoms with Crippen LogP contribution in [-0.2, 0) is 7.05 Å². The third-order valence-corrected chi connectivity index (χ3v) is 5.30. The SMILES string of the molecule is CN(C(=S)c1c(O)c2cc(Cl)ccc2n(C)c1=O)c1ccc(Br)cc1. The molecule has 3 aromatic rings. The van der Waals surface area contributed by atoms with Gasteiger partial charge in [0.1, 0.15) is 16.3 Å². The molecule has 0 saturated heterocycles. The van der Waals surface area contributed by atoms with Gasteiger partial charge in [0.2, 0.25) is 0 Å². The summed E-state index contributed by atoms with van der Waals surface area (Å²) in [5.41, 5.74) is 1.12. The quantitative estimate of drug-likeness (QED) is 0.601. The maximum absolute atomic E-state index is 12.8. The van der Waals surface area contributed by atoms with Crippen molar-refractivity contribution in [1.29, 1.82) is 0 Å². The lowest BCUT2D eigenvalue weighted by atomic mass is 10.1. The lowest BCUT2D eigenvalue weighted by Gasteiger charge is -2.22. The molecule has 0 fully saturated rings. The van der Waals surface area contributed by atoms with Crippen molar-refractivity contribution in [2.24, 2.45) is 7.05 Å². The van der Waals surface area contributed by atoms with Crippen LogP contribution in [0.3, 0.4) is 0 Å². The van der Waals surface area contributed by atoms with E-state index < -0.39 is 0 Å². The van der Waals surface area contributed by atoms with Crippen LogP contribution in [0.1, 0.15) is 5.56 Å². The van der Waals surface area contributed by atoms with Gasteiger partial charge in [0.15, 0.2) is 0 Å². The number of aromatic hydroxyl groups is 1. The smallest absolute Gasteiger partial charge is 0.264 e. The average Bonchev–Trinajstić information content (AvgIpc) is 2.60. The molecule has 3 rings (SSSR count). The van der Waals surface area contributed by atoms with Crippen molar-refractivity contribution in [3.8, 4) is 5.75 Å². The summed E-state index contributed by atoms with van der Waals surface area (Å²) >= 11 is 14.9. The average molecular weight is 438 g/mol. The van der Waals surface area contributed by atoms with Crippen molar-refractivity contribution in [1.82, 2.24) is 4.57 Å². The van der Waals surface area contributed by atoms with Gasteiger partial charge >= 0.3 is 0 Å². The molecule has 0 spiro atoms. The zero-order chi connectivity index (χ0) is 18.3. The van der Waals surface area contributed by atoms with Crippen LogP contribution in [-0.4, -0.2) is 21.7 Å². The minimum Gasteiger partial charge on any atom is -0.506 e. The first-order valence-corrected chi connectivity index (χ1v) is 8.94. The van der Waals surface area contributed by atoms with Crippen LogP contribution in [0.15, 0.2) is 51.7 Å². The molecule has 25 heavy (non-hydrogen) atoms. The number of thiocarbonyl (C=S) groups is 1. The Balaban J connectivity index is 2.19. The van der Waals surface area contributed by atoms with Crippen LogP contribution in [0, 0.1) is 0 Å². The predicted molar refractivity (Wildman–Crippen MR) is 110 cm³/mol. The van der Waals surface area contributed by atoms with Crippen LogP contribution < -0.4 is 10.5 Å². The molecule has 0 aliphatic heterocycles. The molecule has 0 saturated carbocycles. The van der Waals surface area contributed by atoms with Crippen LogP contribution in [0.5, 0.6) is 5.75 Å². The second kappa shape index (κ2) is 6.78. The number of aromatic nitrogens is 1. The zero-order valence-electron chi connectivity index (χ0n) is 13.5. The topological polar surface area (TPSA) is 45.5 Å². The summed E-state index contributed by atoms with van der Waals surface area (Å²) in [5.74, 6) is -0.158. The largest absolute Gasteiger partial charge is 0.506 e. The summed E-state index contributed by atoms with van der Waals surface area (Å²) in [4.78, 5) is 14.7. The Hall–Kier alpha value is -1.89. The first-order valence-electron chi connectivity index (χ1n) is 7.36. The number of nitrogens with zero attached hydrogens (tertiary/aromatic N) is 2. The Kier molecular flexibility index (Phi) is 4.86. The first-order chi connectivity index (χ1) is 11.8. The second-order valence-corrected chi connectivity index (χ2v) is 7.33. The molecule has 0 unspecified atom stereocenters. The summed E-state index contributed by atoms with van der Waals surface area (Å²) in [7, 11) is 3.40. The molecule has 0 aliphatic rings. The number of rotatable bonds is 2. The fourth-order valence-corrected chi connectivity index (χ4v) is 3.37. The number of hydrogen-bond acceptors (Lipinski definition) is 3. The molecular weight excluding hydrogens is 424 g/mol. The number of anilines is 1. The lowest BCUT2D eigenvalue weighted by Crippen LogP contribution is -2.33. The van der Waals surface area contributed by atoms with Crippen LogP contribution in [0.25, 0.3) is 10.9 Å². The number of aryl methyl sites for hydroxylation is 1. The van der Waals surface area contributed by atoms with E-state index in [4.69, 9.17) is 23.8 Å². The molecule has 2 aromatic carbocycles. The Bertz CT molecular complexity index is 1050. The number of halogens is 2. The highest BCUT2D eigenvalue weighted by Gasteiger charge is 2.21. The standard InChI is InChI=1S/C18H14BrClN2O2S/c1-21(12-6-3-10(19)4-7-12)18(25)15-16(23)13-9-11(20)5-8-14(13)22(2)17(15)24/h3-9,23H,1-2H3. The minimum atomic E-state index is -0.360. The molecule has 128 valence electrons. The van der Waals surface area contributed by atoms with Gasteiger partial charge in [-0.15, -0.1) is 0 Å². The predicted octanol–water partition coefficient (Wildman–Crippen LogP) is 4.47. The van der Waals surface area contributed by atoms with E-state index in [2.05, 4.69) is 15.9 Å². The summed E-state index contributed by atoms with van der Waals surface area (Å²) in [6, 6.07) is 12.5. The summed E-state index contributed by atoms with van der Waals surface area (Å²) in [6.07, 6.45) is 0. The maximum Gasteiger partial charge on any atom is 0.264 e. The van der Waals surface area contributed by atoms with Gasteiger partial charge in [-0.05, 0) is 42.5 Å². The van der Waals surface area contributed by atoms with Gasteiger partial charge in [-0.25, -0.2) is 0 Å². The van der Waals surface area contributed by atoms with E-state index in [9.17, 15) is 9.90 Å². The molecule has 0 bridgehead atoms. The Morgan fingerprint density at radius 2 is 1.88 bits per heavy atom. The third kappa shape index (κ3) is 3.17. The summed E-state index contributed by atoms with van der Waals surface area (Å²) in [5, 5.41) is 11.7. The van der Waals surface area contributed by atoms with E-state index in [0.29, 0.717) is 15.9 Å². The van der Waals surface area contributed by atoms with Crippen LogP contribution >= 0.6 is 39.7 Å². The zero-order valence-corrected chi connectivity index (χ0v) is 16.6. The van der Waals surface area contributed by atoms with Crippen molar-refractivity contribution in [3.05, 3.63) is 67.9 Å². The van der Waals surface area contributed by atoms with E-state index in [1.54, 1.807) is 37.2 Å². The Morgan fingerprint density at radius 3 is 2.52 bits per heavy atom. The molecule has 7 heteroatoms. The Labute approximate surface area is 163 Å². The van der Waals surface area contributed by atoms with Crippen molar-refractivity contribution in [2.45, 2.75) is 0 Å². The number of fused-ring (bicyclic) bond motifs is 1. The molecule has 0 atom stereocenters. The lowest BCUT2D eigenvalue weighted by molar-refractivity contribution is 0.478. The van der Waals surface area contributed by atoms with E-state index >= 15 is 0 Å². The van der Waals surface area contributed by atoms with Gasteiger partial charge in [-0.2, -0.15) is 0 Å². The second-order valence-electron chi connectivity index (χ2n) is 5.59. The number of benzene rings is 2. The fourth-order valence-electron chi connectivity index (χ4n) is 2.65. The van der Waals surface area contributed by atoms with Gasteiger partial charge in [0.25, 0.3) is 5.56 Å². The monoisotopic (exact) mass is 436 g/mol. The summed E-state index contributed by atoms with van der Waals surface area (Å²) in [6.45, 7) is 0. The fraction of sp³-hybridized carbons (Fsp3) is 0.111. The molecule has 1 heterocycles. The van der Waals surface area contributed by atoms with Crippen molar-refractivity contribution in [3.63, 3.8) is 0 Å². The molecule has 1 aromatic heterocycles. The number of hydrogen-bond donors (Lipinski definition) is 1. The maximum atomic E-state index is 12.8. The molecule has 1 N–H and O–H groups in total. The van der Waals surface area contributed by atoms with E-state index in [0.717, 1.165) is 10.2 Å². The van der Waals surface area contributed by atoms with Crippen molar-refractivity contribution < 1.29 is 5.11 Å². The van der Waals surface area contributed by atoms with Crippen LogP contribution in [0.2, 0.25) is 5.02 Å². The van der Waals surface area contributed by atoms with E-state index in [1.807, 2.05) is 24.3 Å². The van der Waals surface area contributed by atoms with E-state index in [1.165, 1.54) is 4.57 Å². The molecule has 0 amide bonds. The summed E-state index contributed by atoms with van der Waals surface area (Å²) < 4.78 is 2.40. The third-order valence-electron chi connectivity index (χ3n) is 4.06. The first kappa shape index (κ1) is 17.9. The Morgan fingerprint density at radius 1 is 1.24 bits per heavy atom.